The van der Waals surface area contributed by atoms with Crippen molar-refractivity contribution in [3.63, 3.8) is 0 Å². The molecule has 3 nitrogen and oxygen atoms in total. The third-order valence-electron chi connectivity index (χ3n) is 4.95. The fourth-order valence-corrected chi connectivity index (χ4v) is 4.08. The maximum Gasteiger partial charge on any atom is 0.179 e. The summed E-state index contributed by atoms with van der Waals surface area (Å²) in [7, 11) is 0. The van der Waals surface area contributed by atoms with Crippen molar-refractivity contribution < 1.29 is 14.6 Å². The number of hydrogen-bond donors (Lipinski definition) is 2. The van der Waals surface area contributed by atoms with Gasteiger partial charge in [-0.15, -0.1) is 0 Å². The average Bonchev–Trinajstić information content (AvgIpc) is 2.91. The summed E-state index contributed by atoms with van der Waals surface area (Å²) >= 11 is 0. The molecule has 2 saturated heterocycles. The molecule has 3 aliphatic rings. The highest BCUT2D eigenvalue weighted by atomic mass is 19.1. The highest BCUT2D eigenvalue weighted by molar-refractivity contribution is 5.31. The van der Waals surface area contributed by atoms with E-state index in [4.69, 9.17) is 0 Å². The zero-order chi connectivity index (χ0) is 13.6. The van der Waals surface area contributed by atoms with E-state index < -0.39 is 11.3 Å². The van der Waals surface area contributed by atoms with Crippen LogP contribution in [-0.2, 0) is 0 Å². The minimum absolute atomic E-state index is 0.0238. The molecule has 0 bridgehead atoms. The molecule has 1 atom stereocenters. The van der Waals surface area contributed by atoms with Crippen LogP contribution >= 0.6 is 0 Å². The second kappa shape index (κ2) is 4.29. The molecule has 1 aliphatic carbocycles. The lowest BCUT2D eigenvalue weighted by molar-refractivity contribution is -0.236. The van der Waals surface area contributed by atoms with Crippen LogP contribution in [0.3, 0.4) is 0 Å². The van der Waals surface area contributed by atoms with E-state index in [-0.39, 0.29) is 5.41 Å². The number of nitrogens with zero attached hydrogens (tertiary/aromatic N) is 1. The molecule has 0 aromatic rings. The number of halogens is 1. The summed E-state index contributed by atoms with van der Waals surface area (Å²) < 4.78 is 12.7. The number of fused-ring (bicyclic) bond motifs is 2. The maximum absolute atomic E-state index is 12.7. The Bertz CT molecular complexity index is 357. The Labute approximate surface area is 108 Å². The van der Waals surface area contributed by atoms with Gasteiger partial charge in [0.15, 0.2) is 5.79 Å². The van der Waals surface area contributed by atoms with Crippen molar-refractivity contribution >= 4 is 0 Å². The molecule has 4 heteroatoms. The van der Waals surface area contributed by atoms with Crippen molar-refractivity contribution in [2.24, 2.45) is 5.41 Å². The van der Waals surface area contributed by atoms with Gasteiger partial charge in [-0.25, -0.2) is 4.39 Å². The van der Waals surface area contributed by atoms with E-state index in [0.29, 0.717) is 24.9 Å². The molecule has 104 valence electrons. The van der Waals surface area contributed by atoms with Crippen LogP contribution in [0.25, 0.3) is 0 Å². The fourth-order valence-electron chi connectivity index (χ4n) is 4.08. The van der Waals surface area contributed by atoms with Crippen molar-refractivity contribution in [3.05, 3.63) is 11.9 Å². The third-order valence-corrected chi connectivity index (χ3v) is 4.95. The second-order valence-corrected chi connectivity index (χ2v) is 5.78. The molecule has 2 heterocycles. The molecule has 2 aliphatic heterocycles. The SMILES string of the molecule is CC.CC(O)(O)C12C/C(=C\F)CN1CCC21CC1. The predicted octanol–water partition coefficient (Wildman–Crippen LogP) is 2.20. The largest absolute Gasteiger partial charge is 0.364 e. The summed E-state index contributed by atoms with van der Waals surface area (Å²) in [6.45, 7) is 6.86. The molecule has 0 radical (unpaired) electrons. The Morgan fingerprint density at radius 2 is 1.89 bits per heavy atom. The molecule has 3 rings (SSSR count). The van der Waals surface area contributed by atoms with Gasteiger partial charge < -0.3 is 10.2 Å². The van der Waals surface area contributed by atoms with Gasteiger partial charge in [-0.1, -0.05) is 13.8 Å². The zero-order valence-corrected chi connectivity index (χ0v) is 11.5. The topological polar surface area (TPSA) is 43.7 Å². The van der Waals surface area contributed by atoms with Gasteiger partial charge >= 0.3 is 0 Å². The predicted molar refractivity (Wildman–Crippen MR) is 68.6 cm³/mol. The number of hydrogen-bond acceptors (Lipinski definition) is 3. The first-order valence-corrected chi connectivity index (χ1v) is 6.93. The molecule has 1 unspecified atom stereocenters. The molecule has 0 aromatic carbocycles. The van der Waals surface area contributed by atoms with Crippen LogP contribution in [-0.4, -0.2) is 39.5 Å². The van der Waals surface area contributed by atoms with Gasteiger partial charge in [0.2, 0.25) is 0 Å². The first-order valence-electron chi connectivity index (χ1n) is 6.93. The molecule has 1 spiro atoms. The standard InChI is InChI=1S/C12H18FNO2.C2H6/c1-10(15,16)12-6-9(7-13)8-14(12)5-4-11(12)2-3-11;1-2/h7,15-16H,2-6,8H2,1H3;1-2H3/b9-7+;. The smallest absolute Gasteiger partial charge is 0.179 e. The summed E-state index contributed by atoms with van der Waals surface area (Å²) in [5.41, 5.74) is 0.0776. The second-order valence-electron chi connectivity index (χ2n) is 5.78. The van der Waals surface area contributed by atoms with Crippen LogP contribution in [0, 0.1) is 5.41 Å². The van der Waals surface area contributed by atoms with Gasteiger partial charge in [-0.3, -0.25) is 4.90 Å². The lowest BCUT2D eigenvalue weighted by Gasteiger charge is -2.45. The molecule has 18 heavy (non-hydrogen) atoms. The van der Waals surface area contributed by atoms with E-state index in [1.54, 1.807) is 0 Å². The fraction of sp³-hybridized carbons (Fsp3) is 0.857. The van der Waals surface area contributed by atoms with Crippen molar-refractivity contribution in [2.75, 3.05) is 13.1 Å². The van der Waals surface area contributed by atoms with Gasteiger partial charge in [-0.2, -0.15) is 0 Å². The highest BCUT2D eigenvalue weighted by Gasteiger charge is 2.73. The normalized spacial score (nSPS) is 35.6. The van der Waals surface area contributed by atoms with Crippen LogP contribution in [0.4, 0.5) is 4.39 Å². The first-order chi connectivity index (χ1) is 8.45. The maximum atomic E-state index is 12.7. The lowest BCUT2D eigenvalue weighted by atomic mass is 9.73. The summed E-state index contributed by atoms with van der Waals surface area (Å²) in [5.74, 6) is -1.75. The van der Waals surface area contributed by atoms with Crippen LogP contribution in [0.5, 0.6) is 0 Å². The molecule has 0 aromatic heterocycles. The van der Waals surface area contributed by atoms with Crippen LogP contribution in [0.1, 0.15) is 46.5 Å². The van der Waals surface area contributed by atoms with Crippen LogP contribution in [0.15, 0.2) is 11.9 Å². The van der Waals surface area contributed by atoms with Gasteiger partial charge in [-0.05, 0) is 50.1 Å². The molecular weight excluding hydrogens is 233 g/mol. The van der Waals surface area contributed by atoms with Gasteiger partial charge in [0.25, 0.3) is 0 Å². The van der Waals surface area contributed by atoms with E-state index >= 15 is 0 Å². The lowest BCUT2D eigenvalue weighted by Crippen LogP contribution is -2.61. The molecule has 3 fully saturated rings. The van der Waals surface area contributed by atoms with E-state index in [2.05, 4.69) is 4.90 Å². The van der Waals surface area contributed by atoms with Crippen LogP contribution < -0.4 is 0 Å². The number of rotatable bonds is 1. The molecule has 2 N–H and O–H groups in total. The summed E-state index contributed by atoms with van der Waals surface area (Å²) in [6, 6.07) is 0. The Morgan fingerprint density at radius 3 is 2.33 bits per heavy atom. The zero-order valence-electron chi connectivity index (χ0n) is 11.5. The Kier molecular flexibility index (Phi) is 3.33. The highest BCUT2D eigenvalue weighted by Crippen LogP contribution is 2.69. The first kappa shape index (κ1) is 14.0. The average molecular weight is 257 g/mol. The van der Waals surface area contributed by atoms with Gasteiger partial charge in [0.1, 0.15) is 0 Å². The summed E-state index contributed by atoms with van der Waals surface area (Å²) in [4.78, 5) is 2.07. The minimum atomic E-state index is -1.75. The third kappa shape index (κ3) is 1.59. The quantitative estimate of drug-likeness (QED) is 0.708. The Morgan fingerprint density at radius 1 is 1.28 bits per heavy atom. The van der Waals surface area contributed by atoms with Crippen LogP contribution in [0.2, 0.25) is 0 Å². The Balaban J connectivity index is 0.000000574. The van der Waals surface area contributed by atoms with Crippen molar-refractivity contribution in [1.29, 1.82) is 0 Å². The minimum Gasteiger partial charge on any atom is -0.364 e. The summed E-state index contributed by atoms with van der Waals surface area (Å²) in [6.07, 6.45) is 4.21. The summed E-state index contributed by atoms with van der Waals surface area (Å²) in [5, 5.41) is 20.3. The van der Waals surface area contributed by atoms with E-state index in [0.717, 1.165) is 25.8 Å². The van der Waals surface area contributed by atoms with E-state index in [1.165, 1.54) is 6.92 Å². The van der Waals surface area contributed by atoms with Crippen molar-refractivity contribution in [2.45, 2.75) is 57.8 Å². The van der Waals surface area contributed by atoms with Gasteiger partial charge in [0.05, 0.1) is 11.9 Å². The molecular formula is C14H24FNO2. The van der Waals surface area contributed by atoms with E-state index in [1.807, 2.05) is 13.8 Å². The van der Waals surface area contributed by atoms with Crippen molar-refractivity contribution in [1.82, 2.24) is 4.90 Å². The van der Waals surface area contributed by atoms with Crippen molar-refractivity contribution in [3.8, 4) is 0 Å². The van der Waals surface area contributed by atoms with Gasteiger partial charge in [0, 0.05) is 6.54 Å². The molecule has 0 amide bonds. The molecule has 1 saturated carbocycles. The monoisotopic (exact) mass is 257 g/mol. The van der Waals surface area contributed by atoms with E-state index in [9.17, 15) is 14.6 Å². The Hall–Kier alpha value is -0.450. The number of aliphatic hydroxyl groups is 2.